The highest BCUT2D eigenvalue weighted by Crippen LogP contribution is 2.19. The van der Waals surface area contributed by atoms with Crippen molar-refractivity contribution in [2.75, 3.05) is 6.54 Å². The second-order valence-corrected chi connectivity index (χ2v) is 4.86. The molecule has 2 amide bonds. The summed E-state index contributed by atoms with van der Waals surface area (Å²) in [6.45, 7) is 4.54. The van der Waals surface area contributed by atoms with Crippen LogP contribution >= 0.6 is 0 Å². The van der Waals surface area contributed by atoms with Gasteiger partial charge in [0.1, 0.15) is 6.04 Å². The standard InChI is InChI=1S/C12H23N3O2/c1-3-8(2)10(13)12(17)15-7-5-4-6-9(15)11(14)16/h8-10H,3-7,13H2,1-2H3,(H2,14,16)/t8-,9?,10-/m0/s1. The third kappa shape index (κ3) is 3.19. The van der Waals surface area contributed by atoms with Crippen LogP contribution < -0.4 is 11.5 Å². The molecule has 0 radical (unpaired) electrons. The van der Waals surface area contributed by atoms with E-state index in [4.69, 9.17) is 11.5 Å². The summed E-state index contributed by atoms with van der Waals surface area (Å²) < 4.78 is 0. The summed E-state index contributed by atoms with van der Waals surface area (Å²) in [6.07, 6.45) is 3.37. The second-order valence-electron chi connectivity index (χ2n) is 4.86. The Bertz CT molecular complexity index is 293. The van der Waals surface area contributed by atoms with Crippen LogP contribution in [-0.2, 0) is 9.59 Å². The molecule has 17 heavy (non-hydrogen) atoms. The van der Waals surface area contributed by atoms with Gasteiger partial charge < -0.3 is 16.4 Å². The Balaban J connectivity index is 2.74. The van der Waals surface area contributed by atoms with E-state index < -0.39 is 18.0 Å². The monoisotopic (exact) mass is 241 g/mol. The van der Waals surface area contributed by atoms with Gasteiger partial charge in [-0.05, 0) is 25.2 Å². The zero-order valence-corrected chi connectivity index (χ0v) is 10.7. The van der Waals surface area contributed by atoms with E-state index in [0.717, 1.165) is 19.3 Å². The van der Waals surface area contributed by atoms with Gasteiger partial charge in [-0.15, -0.1) is 0 Å². The van der Waals surface area contributed by atoms with Crippen LogP contribution in [0.4, 0.5) is 0 Å². The van der Waals surface area contributed by atoms with E-state index in [9.17, 15) is 9.59 Å². The highest BCUT2D eigenvalue weighted by molar-refractivity contribution is 5.89. The van der Waals surface area contributed by atoms with E-state index in [-0.39, 0.29) is 11.8 Å². The summed E-state index contributed by atoms with van der Waals surface area (Å²) in [7, 11) is 0. The van der Waals surface area contributed by atoms with E-state index in [1.54, 1.807) is 4.90 Å². The maximum Gasteiger partial charge on any atom is 0.240 e. The minimum absolute atomic E-state index is 0.123. The highest BCUT2D eigenvalue weighted by atomic mass is 16.2. The van der Waals surface area contributed by atoms with Crippen molar-refractivity contribution >= 4 is 11.8 Å². The van der Waals surface area contributed by atoms with Crippen molar-refractivity contribution in [2.24, 2.45) is 17.4 Å². The summed E-state index contributed by atoms with van der Waals surface area (Å²) in [4.78, 5) is 25.1. The molecule has 0 bridgehead atoms. The molecule has 1 aliphatic heterocycles. The van der Waals surface area contributed by atoms with Gasteiger partial charge in [-0.2, -0.15) is 0 Å². The van der Waals surface area contributed by atoms with Gasteiger partial charge >= 0.3 is 0 Å². The molecular formula is C12H23N3O2. The summed E-state index contributed by atoms with van der Waals surface area (Å²) in [5.74, 6) is -0.435. The van der Waals surface area contributed by atoms with Crippen LogP contribution in [0.1, 0.15) is 39.5 Å². The van der Waals surface area contributed by atoms with Crippen molar-refractivity contribution in [3.8, 4) is 0 Å². The van der Waals surface area contributed by atoms with Crippen molar-refractivity contribution in [3.05, 3.63) is 0 Å². The van der Waals surface area contributed by atoms with Crippen LogP contribution in [0.15, 0.2) is 0 Å². The van der Waals surface area contributed by atoms with Gasteiger partial charge in [0.05, 0.1) is 6.04 Å². The average molecular weight is 241 g/mol. The SMILES string of the molecule is CC[C@H](C)[C@H](N)C(=O)N1CCCCC1C(N)=O. The number of hydrogen-bond acceptors (Lipinski definition) is 3. The topological polar surface area (TPSA) is 89.4 Å². The molecule has 0 spiro atoms. The Morgan fingerprint density at radius 2 is 2.06 bits per heavy atom. The number of primary amides is 1. The molecule has 1 fully saturated rings. The van der Waals surface area contributed by atoms with Crippen molar-refractivity contribution in [1.29, 1.82) is 0 Å². The summed E-state index contributed by atoms with van der Waals surface area (Å²) in [5.41, 5.74) is 11.3. The van der Waals surface area contributed by atoms with E-state index in [1.165, 1.54) is 0 Å². The number of rotatable bonds is 4. The Morgan fingerprint density at radius 1 is 1.41 bits per heavy atom. The fourth-order valence-electron chi connectivity index (χ4n) is 2.18. The van der Waals surface area contributed by atoms with Gasteiger partial charge in [-0.3, -0.25) is 9.59 Å². The highest BCUT2D eigenvalue weighted by Gasteiger charge is 2.34. The smallest absolute Gasteiger partial charge is 0.240 e. The molecule has 1 saturated heterocycles. The zero-order valence-electron chi connectivity index (χ0n) is 10.7. The quantitative estimate of drug-likeness (QED) is 0.738. The average Bonchev–Trinajstić information content (AvgIpc) is 2.35. The van der Waals surface area contributed by atoms with Gasteiger partial charge in [-0.1, -0.05) is 20.3 Å². The number of amides is 2. The summed E-state index contributed by atoms with van der Waals surface area (Å²) in [5, 5.41) is 0. The third-order valence-corrected chi connectivity index (χ3v) is 3.66. The Labute approximate surface area is 103 Å². The largest absolute Gasteiger partial charge is 0.368 e. The van der Waals surface area contributed by atoms with Crippen molar-refractivity contribution in [1.82, 2.24) is 4.90 Å². The molecule has 98 valence electrons. The van der Waals surface area contributed by atoms with Gasteiger partial charge in [0.2, 0.25) is 11.8 Å². The molecule has 0 aromatic heterocycles. The molecule has 1 aliphatic rings. The van der Waals surface area contributed by atoms with Gasteiger partial charge in [0.15, 0.2) is 0 Å². The first-order valence-corrected chi connectivity index (χ1v) is 6.34. The van der Waals surface area contributed by atoms with Gasteiger partial charge in [-0.25, -0.2) is 0 Å². The molecule has 1 rings (SSSR count). The summed E-state index contributed by atoms with van der Waals surface area (Å²) >= 11 is 0. The van der Waals surface area contributed by atoms with Crippen molar-refractivity contribution in [2.45, 2.75) is 51.6 Å². The first kappa shape index (κ1) is 14.0. The predicted molar refractivity (Wildman–Crippen MR) is 66.0 cm³/mol. The van der Waals surface area contributed by atoms with E-state index >= 15 is 0 Å². The number of carbonyl (C=O) groups is 2. The molecule has 5 nitrogen and oxygen atoms in total. The molecule has 0 aliphatic carbocycles. The molecule has 4 N–H and O–H groups in total. The van der Waals surface area contributed by atoms with E-state index in [2.05, 4.69) is 0 Å². The number of nitrogens with zero attached hydrogens (tertiary/aromatic N) is 1. The predicted octanol–water partition coefficient (Wildman–Crippen LogP) is 0.226. The molecule has 5 heteroatoms. The molecule has 1 unspecified atom stereocenters. The van der Waals surface area contributed by atoms with Crippen LogP contribution in [0, 0.1) is 5.92 Å². The van der Waals surface area contributed by atoms with Crippen LogP contribution in [0.25, 0.3) is 0 Å². The lowest BCUT2D eigenvalue weighted by Crippen LogP contribution is -2.56. The number of hydrogen-bond donors (Lipinski definition) is 2. The molecular weight excluding hydrogens is 218 g/mol. The van der Waals surface area contributed by atoms with Gasteiger partial charge in [0, 0.05) is 6.54 Å². The number of likely N-dealkylation sites (tertiary alicyclic amines) is 1. The lowest BCUT2D eigenvalue weighted by Gasteiger charge is -2.36. The molecule has 0 aromatic carbocycles. The van der Waals surface area contributed by atoms with Crippen LogP contribution in [0.2, 0.25) is 0 Å². The molecule has 3 atom stereocenters. The number of piperidine rings is 1. The fraction of sp³-hybridized carbons (Fsp3) is 0.833. The van der Waals surface area contributed by atoms with Crippen molar-refractivity contribution in [3.63, 3.8) is 0 Å². The first-order chi connectivity index (χ1) is 7.99. The van der Waals surface area contributed by atoms with Crippen LogP contribution in [0.3, 0.4) is 0 Å². The zero-order chi connectivity index (χ0) is 13.0. The van der Waals surface area contributed by atoms with E-state index in [0.29, 0.717) is 13.0 Å². The van der Waals surface area contributed by atoms with E-state index in [1.807, 2.05) is 13.8 Å². The van der Waals surface area contributed by atoms with Crippen LogP contribution in [0.5, 0.6) is 0 Å². The Morgan fingerprint density at radius 3 is 2.59 bits per heavy atom. The van der Waals surface area contributed by atoms with Gasteiger partial charge in [0.25, 0.3) is 0 Å². The Kier molecular flexibility index (Phi) is 4.93. The third-order valence-electron chi connectivity index (χ3n) is 3.66. The molecule has 1 heterocycles. The maximum absolute atomic E-state index is 12.2. The lowest BCUT2D eigenvalue weighted by atomic mass is 9.95. The summed E-state index contributed by atoms with van der Waals surface area (Å²) in [6, 6.07) is -0.994. The second kappa shape index (κ2) is 6.00. The molecule has 0 saturated carbocycles. The number of nitrogens with two attached hydrogens (primary N) is 2. The first-order valence-electron chi connectivity index (χ1n) is 6.34. The minimum Gasteiger partial charge on any atom is -0.368 e. The maximum atomic E-state index is 12.2. The fourth-order valence-corrected chi connectivity index (χ4v) is 2.18. The lowest BCUT2D eigenvalue weighted by molar-refractivity contribution is -0.143. The van der Waals surface area contributed by atoms with Crippen LogP contribution in [-0.4, -0.2) is 35.3 Å². The Hall–Kier alpha value is -1.10. The normalized spacial score (nSPS) is 24.2. The minimum atomic E-state index is -0.528. The molecule has 0 aromatic rings. The number of carbonyl (C=O) groups excluding carboxylic acids is 2. The van der Waals surface area contributed by atoms with Crippen molar-refractivity contribution < 1.29 is 9.59 Å².